The van der Waals surface area contributed by atoms with Gasteiger partial charge in [0.1, 0.15) is 16.4 Å². The average Bonchev–Trinajstić information content (AvgIpc) is 2.95. The molecule has 2 aromatic carbocycles. The van der Waals surface area contributed by atoms with E-state index in [-0.39, 0.29) is 22.1 Å². The molecule has 0 aliphatic heterocycles. The van der Waals surface area contributed by atoms with Crippen molar-refractivity contribution in [2.75, 3.05) is 0 Å². The van der Waals surface area contributed by atoms with Crippen LogP contribution in [-0.4, -0.2) is 26.6 Å². The van der Waals surface area contributed by atoms with Gasteiger partial charge < -0.3 is 0 Å². The maximum atomic E-state index is 12.2. The highest BCUT2D eigenvalue weighted by atomic mass is 35.5. The summed E-state index contributed by atoms with van der Waals surface area (Å²) >= 11 is 6.03. The van der Waals surface area contributed by atoms with Crippen molar-refractivity contribution < 1.29 is 9.72 Å². The van der Waals surface area contributed by atoms with Crippen molar-refractivity contribution in [2.45, 2.75) is 0 Å². The summed E-state index contributed by atoms with van der Waals surface area (Å²) in [5.41, 5.74) is 2.01. The van der Waals surface area contributed by atoms with E-state index in [1.165, 1.54) is 35.0 Å². The lowest BCUT2D eigenvalue weighted by molar-refractivity contribution is -0.385. The fourth-order valence-electron chi connectivity index (χ4n) is 2.41. The number of carbonyl (C=O) groups excluding carboxylic acids is 1. The molecule has 0 bridgehead atoms. The molecule has 0 atom stereocenters. The molecular formula is C17H12ClN5O4. The van der Waals surface area contributed by atoms with E-state index in [2.05, 4.69) is 15.5 Å². The van der Waals surface area contributed by atoms with Crippen molar-refractivity contribution in [3.63, 3.8) is 0 Å². The molecule has 9 nitrogen and oxygen atoms in total. The minimum absolute atomic E-state index is 0.0348. The van der Waals surface area contributed by atoms with Gasteiger partial charge in [-0.3, -0.25) is 24.5 Å². The van der Waals surface area contributed by atoms with Gasteiger partial charge in [-0.15, -0.1) is 0 Å². The predicted octanol–water partition coefficient (Wildman–Crippen LogP) is 2.49. The molecular weight excluding hydrogens is 374 g/mol. The van der Waals surface area contributed by atoms with Crippen LogP contribution in [0.2, 0.25) is 5.15 Å². The zero-order valence-electron chi connectivity index (χ0n) is 13.6. The van der Waals surface area contributed by atoms with Crippen molar-refractivity contribution in [2.24, 2.45) is 5.10 Å². The van der Waals surface area contributed by atoms with Gasteiger partial charge in [-0.05, 0) is 18.2 Å². The summed E-state index contributed by atoms with van der Waals surface area (Å²) in [7, 11) is 0. The first-order valence-electron chi connectivity index (χ1n) is 7.62. The number of hydrogen-bond acceptors (Lipinski definition) is 5. The first-order valence-corrected chi connectivity index (χ1v) is 7.99. The van der Waals surface area contributed by atoms with E-state index in [4.69, 9.17) is 11.6 Å². The first-order chi connectivity index (χ1) is 13.0. The number of aromatic amines is 1. The molecule has 0 fully saturated rings. The lowest BCUT2D eigenvalue weighted by atomic mass is 10.2. The van der Waals surface area contributed by atoms with Gasteiger partial charge in [-0.2, -0.15) is 5.10 Å². The van der Waals surface area contributed by atoms with Gasteiger partial charge >= 0.3 is 5.69 Å². The summed E-state index contributed by atoms with van der Waals surface area (Å²) in [4.78, 5) is 37.1. The van der Waals surface area contributed by atoms with Crippen LogP contribution in [0, 0.1) is 10.1 Å². The Balaban J connectivity index is 1.87. The number of rotatable bonds is 5. The summed E-state index contributed by atoms with van der Waals surface area (Å²) in [5.74, 6) is -0.765. The van der Waals surface area contributed by atoms with Crippen molar-refractivity contribution >= 4 is 29.4 Å². The van der Waals surface area contributed by atoms with Crippen molar-refractivity contribution in [1.29, 1.82) is 0 Å². The fraction of sp³-hybridized carbons (Fsp3) is 0. The average molecular weight is 386 g/mol. The Morgan fingerprint density at radius 2 is 1.85 bits per heavy atom. The first kappa shape index (κ1) is 18.1. The second kappa shape index (κ2) is 7.67. The van der Waals surface area contributed by atoms with Crippen LogP contribution in [0.1, 0.15) is 16.1 Å². The molecule has 1 aromatic heterocycles. The third kappa shape index (κ3) is 3.77. The summed E-state index contributed by atoms with van der Waals surface area (Å²) in [6.45, 7) is 0. The molecule has 1 heterocycles. The number of nitro groups is 1. The Labute approximate surface area is 157 Å². The minimum atomic E-state index is -0.765. The highest BCUT2D eigenvalue weighted by molar-refractivity contribution is 6.31. The minimum Gasteiger partial charge on any atom is -0.296 e. The number of aromatic nitrogens is 2. The Hall–Kier alpha value is -3.72. The van der Waals surface area contributed by atoms with E-state index >= 15 is 0 Å². The van der Waals surface area contributed by atoms with Gasteiger partial charge in [0.2, 0.25) is 0 Å². The predicted molar refractivity (Wildman–Crippen MR) is 99.6 cm³/mol. The molecule has 0 aliphatic carbocycles. The molecule has 1 amide bonds. The standard InChI is InChI=1S/C17H12ClN5O4/c18-15-14(22(17(25)20-15)11-6-2-1-3-7-11)10-19-21-16(24)12-8-4-5-9-13(12)23(26)27/h1-10H,(H,20,25)(H,21,24)/b19-10+. The number of hydrogen-bond donors (Lipinski definition) is 2. The maximum Gasteiger partial charge on any atom is 0.331 e. The fourth-order valence-corrected chi connectivity index (χ4v) is 2.62. The van der Waals surface area contributed by atoms with Crippen LogP contribution < -0.4 is 11.1 Å². The highest BCUT2D eigenvalue weighted by Gasteiger charge is 2.19. The van der Waals surface area contributed by atoms with Crippen LogP contribution >= 0.6 is 11.6 Å². The number of nitrogens with one attached hydrogen (secondary N) is 2. The van der Waals surface area contributed by atoms with Crippen LogP contribution in [0.4, 0.5) is 5.69 Å². The number of para-hydroxylation sites is 2. The van der Waals surface area contributed by atoms with Crippen LogP contribution in [0.5, 0.6) is 0 Å². The number of nitrogens with zero attached hydrogens (tertiary/aromatic N) is 3. The molecule has 0 saturated carbocycles. The second-order valence-electron chi connectivity index (χ2n) is 5.27. The Morgan fingerprint density at radius 1 is 1.19 bits per heavy atom. The summed E-state index contributed by atoms with van der Waals surface area (Å²) < 4.78 is 1.28. The SMILES string of the molecule is O=C(N/N=C/c1c(Cl)[nH]c(=O)n1-c1ccccc1)c1ccccc1[N+](=O)[O-]. The quantitative estimate of drug-likeness (QED) is 0.398. The lowest BCUT2D eigenvalue weighted by Gasteiger charge is -2.04. The smallest absolute Gasteiger partial charge is 0.296 e. The van der Waals surface area contributed by atoms with Gasteiger partial charge in [0.05, 0.1) is 16.8 Å². The maximum absolute atomic E-state index is 12.2. The molecule has 3 aromatic rings. The largest absolute Gasteiger partial charge is 0.331 e. The number of hydrazone groups is 1. The molecule has 0 unspecified atom stereocenters. The van der Waals surface area contributed by atoms with Crippen LogP contribution in [0.15, 0.2) is 64.5 Å². The molecule has 10 heteroatoms. The van der Waals surface area contributed by atoms with E-state index in [1.807, 2.05) is 0 Å². The third-order valence-electron chi connectivity index (χ3n) is 3.60. The Bertz CT molecular complexity index is 1090. The van der Waals surface area contributed by atoms with Crippen molar-refractivity contribution in [3.8, 4) is 5.69 Å². The number of amides is 1. The van der Waals surface area contributed by atoms with E-state index in [0.29, 0.717) is 5.69 Å². The Kier molecular flexibility index (Phi) is 5.13. The van der Waals surface area contributed by atoms with E-state index < -0.39 is 16.5 Å². The van der Waals surface area contributed by atoms with Gasteiger partial charge in [0.25, 0.3) is 11.6 Å². The molecule has 0 saturated heterocycles. The molecule has 3 rings (SSSR count). The van der Waals surface area contributed by atoms with Crippen LogP contribution in [0.3, 0.4) is 0 Å². The lowest BCUT2D eigenvalue weighted by Crippen LogP contribution is -2.20. The molecule has 0 radical (unpaired) electrons. The van der Waals surface area contributed by atoms with E-state index in [0.717, 1.165) is 0 Å². The van der Waals surface area contributed by atoms with Gasteiger partial charge in [-0.1, -0.05) is 41.9 Å². The number of imidazole rings is 1. The molecule has 0 spiro atoms. The third-order valence-corrected chi connectivity index (χ3v) is 3.89. The Morgan fingerprint density at radius 3 is 2.56 bits per heavy atom. The van der Waals surface area contributed by atoms with Crippen LogP contribution in [0.25, 0.3) is 5.69 Å². The monoisotopic (exact) mass is 385 g/mol. The normalized spacial score (nSPS) is 10.9. The molecule has 27 heavy (non-hydrogen) atoms. The molecule has 0 aliphatic rings. The van der Waals surface area contributed by atoms with Gasteiger partial charge in [0.15, 0.2) is 0 Å². The van der Waals surface area contributed by atoms with Gasteiger partial charge in [0, 0.05) is 6.07 Å². The molecule has 136 valence electrons. The summed E-state index contributed by atoms with van der Waals surface area (Å²) in [5, 5.41) is 14.8. The number of nitro benzene ring substituents is 1. The number of H-pyrrole nitrogens is 1. The highest BCUT2D eigenvalue weighted by Crippen LogP contribution is 2.17. The zero-order valence-corrected chi connectivity index (χ0v) is 14.4. The topological polar surface area (TPSA) is 122 Å². The zero-order chi connectivity index (χ0) is 19.4. The number of carbonyl (C=O) groups is 1. The van der Waals surface area contributed by atoms with Crippen LogP contribution in [-0.2, 0) is 0 Å². The van der Waals surface area contributed by atoms with Gasteiger partial charge in [-0.25, -0.2) is 10.2 Å². The molecule has 2 N–H and O–H groups in total. The van der Waals surface area contributed by atoms with Crippen molar-refractivity contribution in [3.05, 3.63) is 91.6 Å². The number of halogens is 1. The van der Waals surface area contributed by atoms with E-state index in [1.54, 1.807) is 30.3 Å². The van der Waals surface area contributed by atoms with Crippen molar-refractivity contribution in [1.82, 2.24) is 15.0 Å². The summed E-state index contributed by atoms with van der Waals surface area (Å²) in [6.07, 6.45) is 1.18. The second-order valence-corrected chi connectivity index (χ2v) is 5.65. The van der Waals surface area contributed by atoms with E-state index in [9.17, 15) is 19.7 Å². The summed E-state index contributed by atoms with van der Waals surface area (Å²) in [6, 6.07) is 14.2. The number of benzene rings is 2.